The van der Waals surface area contributed by atoms with Crippen molar-refractivity contribution in [3.63, 3.8) is 0 Å². The molecule has 168 valence electrons. The normalized spacial score (nSPS) is 14.5. The fourth-order valence-electron chi connectivity index (χ4n) is 2.57. The lowest BCUT2D eigenvalue weighted by Crippen LogP contribution is -2.42. The van der Waals surface area contributed by atoms with Crippen LogP contribution >= 0.6 is 0 Å². The molecular formula is C23H42N2O4. The number of aryl methyl sites for hydroxylation is 1. The quantitative estimate of drug-likeness (QED) is 0.424. The van der Waals surface area contributed by atoms with Gasteiger partial charge in [-0.2, -0.15) is 0 Å². The number of rotatable bonds is 12. The largest absolute Gasteiger partial charge is 0.487 e. The molecule has 0 bridgehead atoms. The topological polar surface area (TPSA) is 83.0 Å². The number of aliphatic hydroxyl groups is 2. The number of hydrogen-bond donors (Lipinski definition) is 4. The zero-order valence-electron chi connectivity index (χ0n) is 19.3. The van der Waals surface area contributed by atoms with Gasteiger partial charge in [0.2, 0.25) is 0 Å². The van der Waals surface area contributed by atoms with Crippen molar-refractivity contribution in [1.29, 1.82) is 0 Å². The Hall–Kier alpha value is -1.34. The molecule has 1 aromatic carbocycles. The molecule has 0 amide bonds. The molecule has 2 atom stereocenters. The third kappa shape index (κ3) is 12.1. The monoisotopic (exact) mass is 410 g/mol. The van der Waals surface area contributed by atoms with Crippen LogP contribution in [0.1, 0.15) is 60.5 Å². The van der Waals surface area contributed by atoms with Crippen molar-refractivity contribution >= 4 is 0 Å². The molecule has 29 heavy (non-hydrogen) atoms. The summed E-state index contributed by atoms with van der Waals surface area (Å²) < 4.78 is 11.7. The van der Waals surface area contributed by atoms with Gasteiger partial charge in [-0.05, 0) is 65.7 Å². The molecule has 4 N–H and O–H groups in total. The first kappa shape index (κ1) is 25.7. The molecule has 0 spiro atoms. The van der Waals surface area contributed by atoms with Crippen molar-refractivity contribution in [2.24, 2.45) is 0 Å². The summed E-state index contributed by atoms with van der Waals surface area (Å²) in [5, 5.41) is 26.9. The van der Waals surface area contributed by atoms with Crippen LogP contribution in [0.25, 0.3) is 0 Å². The second kappa shape index (κ2) is 11.7. The minimum Gasteiger partial charge on any atom is -0.487 e. The van der Waals surface area contributed by atoms with Gasteiger partial charge in [-0.15, -0.1) is 0 Å². The van der Waals surface area contributed by atoms with Crippen LogP contribution in [0.3, 0.4) is 0 Å². The summed E-state index contributed by atoms with van der Waals surface area (Å²) in [6, 6.07) is 5.86. The highest BCUT2D eigenvalue weighted by Gasteiger charge is 2.16. The van der Waals surface area contributed by atoms with Crippen LogP contribution in [0, 0.1) is 0 Å². The summed E-state index contributed by atoms with van der Waals surface area (Å²) in [7, 11) is 0. The fourth-order valence-corrected chi connectivity index (χ4v) is 2.57. The van der Waals surface area contributed by atoms with Gasteiger partial charge >= 0.3 is 0 Å². The number of nitrogens with one attached hydrogen (secondary N) is 2. The predicted octanol–water partition coefficient (Wildman–Crippen LogP) is 2.89. The zero-order valence-corrected chi connectivity index (χ0v) is 19.3. The van der Waals surface area contributed by atoms with E-state index in [1.165, 1.54) is 0 Å². The summed E-state index contributed by atoms with van der Waals surface area (Å²) in [4.78, 5) is 0. The molecule has 0 saturated carbocycles. The van der Waals surface area contributed by atoms with Gasteiger partial charge in [-0.3, -0.25) is 0 Å². The van der Waals surface area contributed by atoms with Crippen LogP contribution in [-0.4, -0.2) is 59.8 Å². The van der Waals surface area contributed by atoms with Crippen LogP contribution in [0.15, 0.2) is 18.2 Å². The van der Waals surface area contributed by atoms with E-state index in [-0.39, 0.29) is 24.3 Å². The van der Waals surface area contributed by atoms with Gasteiger partial charge in [0, 0.05) is 24.2 Å². The lowest BCUT2D eigenvalue weighted by atomic mass is 10.1. The number of β-amino-alcohol motifs (C(OH)–C–C–N with tert-alkyl or cyclic N) is 2. The zero-order chi connectivity index (χ0) is 22.1. The molecule has 0 radical (unpaired) electrons. The molecule has 0 fully saturated rings. The van der Waals surface area contributed by atoms with E-state index < -0.39 is 12.2 Å². The van der Waals surface area contributed by atoms with Gasteiger partial charge in [-0.1, -0.05) is 19.4 Å². The van der Waals surface area contributed by atoms with Crippen LogP contribution in [-0.2, 0) is 6.42 Å². The van der Waals surface area contributed by atoms with Crippen molar-refractivity contribution in [1.82, 2.24) is 10.6 Å². The van der Waals surface area contributed by atoms with Crippen LogP contribution in [0.4, 0.5) is 0 Å². The SMILES string of the molecule is CCCc1ccc(OCC(O)CNC(C)(C)C)c(OCC(O)CNC(C)(C)C)c1. The highest BCUT2D eigenvalue weighted by Crippen LogP contribution is 2.29. The Labute approximate surface area is 177 Å². The minimum absolute atomic E-state index is 0.0612. The summed E-state index contributed by atoms with van der Waals surface area (Å²) in [6.07, 6.45) is 0.732. The van der Waals surface area contributed by atoms with Gasteiger partial charge in [0.25, 0.3) is 0 Å². The first-order valence-corrected chi connectivity index (χ1v) is 10.6. The van der Waals surface area contributed by atoms with Crippen LogP contribution < -0.4 is 20.1 Å². The average Bonchev–Trinajstić information content (AvgIpc) is 2.61. The van der Waals surface area contributed by atoms with Gasteiger partial charge in [0.15, 0.2) is 11.5 Å². The highest BCUT2D eigenvalue weighted by molar-refractivity contribution is 5.43. The summed E-state index contributed by atoms with van der Waals surface area (Å²) in [5.41, 5.74) is 1.04. The Balaban J connectivity index is 2.69. The average molecular weight is 411 g/mol. The molecule has 0 aliphatic carbocycles. The Morgan fingerprint density at radius 3 is 1.76 bits per heavy atom. The van der Waals surface area contributed by atoms with Gasteiger partial charge < -0.3 is 30.3 Å². The molecule has 0 heterocycles. The number of benzene rings is 1. The number of aliphatic hydroxyl groups excluding tert-OH is 2. The van der Waals surface area contributed by atoms with E-state index in [1.54, 1.807) is 0 Å². The molecule has 1 rings (SSSR count). The molecule has 0 aliphatic heterocycles. The van der Waals surface area contributed by atoms with E-state index in [9.17, 15) is 10.2 Å². The van der Waals surface area contributed by atoms with E-state index in [0.29, 0.717) is 24.6 Å². The van der Waals surface area contributed by atoms with Gasteiger partial charge in [0.05, 0.1) is 0 Å². The molecule has 2 unspecified atom stereocenters. The van der Waals surface area contributed by atoms with Crippen LogP contribution in [0.2, 0.25) is 0 Å². The van der Waals surface area contributed by atoms with E-state index in [0.717, 1.165) is 18.4 Å². The third-order valence-corrected chi connectivity index (χ3v) is 4.15. The predicted molar refractivity (Wildman–Crippen MR) is 119 cm³/mol. The lowest BCUT2D eigenvalue weighted by molar-refractivity contribution is 0.0871. The van der Waals surface area contributed by atoms with E-state index in [2.05, 4.69) is 59.1 Å². The number of ether oxygens (including phenoxy) is 2. The second-order valence-electron chi connectivity index (χ2n) is 9.72. The Morgan fingerprint density at radius 1 is 0.828 bits per heavy atom. The molecular weight excluding hydrogens is 368 g/mol. The first-order chi connectivity index (χ1) is 13.4. The minimum atomic E-state index is -0.626. The Kier molecular flexibility index (Phi) is 10.4. The summed E-state index contributed by atoms with van der Waals surface area (Å²) in [5.74, 6) is 1.18. The van der Waals surface area contributed by atoms with Crippen molar-refractivity contribution in [2.45, 2.75) is 84.6 Å². The molecule has 0 saturated heterocycles. The first-order valence-electron chi connectivity index (χ1n) is 10.6. The maximum atomic E-state index is 10.2. The second-order valence-corrected chi connectivity index (χ2v) is 9.72. The van der Waals surface area contributed by atoms with E-state index in [4.69, 9.17) is 9.47 Å². The third-order valence-electron chi connectivity index (χ3n) is 4.15. The Bertz CT molecular complexity index is 594. The molecule has 6 nitrogen and oxygen atoms in total. The summed E-state index contributed by atoms with van der Waals surface area (Å²) in [6.45, 7) is 15.7. The maximum Gasteiger partial charge on any atom is 0.161 e. The van der Waals surface area contributed by atoms with Crippen molar-refractivity contribution in [2.75, 3.05) is 26.3 Å². The molecule has 6 heteroatoms. The van der Waals surface area contributed by atoms with Gasteiger partial charge in [0.1, 0.15) is 25.4 Å². The molecule has 0 aliphatic rings. The van der Waals surface area contributed by atoms with E-state index >= 15 is 0 Å². The van der Waals surface area contributed by atoms with E-state index in [1.807, 2.05) is 18.2 Å². The lowest BCUT2D eigenvalue weighted by Gasteiger charge is -2.24. The maximum absolute atomic E-state index is 10.2. The smallest absolute Gasteiger partial charge is 0.161 e. The summed E-state index contributed by atoms with van der Waals surface area (Å²) >= 11 is 0. The van der Waals surface area contributed by atoms with Crippen molar-refractivity contribution < 1.29 is 19.7 Å². The van der Waals surface area contributed by atoms with Crippen molar-refractivity contribution in [3.05, 3.63) is 23.8 Å². The van der Waals surface area contributed by atoms with Crippen LogP contribution in [0.5, 0.6) is 11.5 Å². The number of hydrogen-bond acceptors (Lipinski definition) is 6. The van der Waals surface area contributed by atoms with Crippen molar-refractivity contribution in [3.8, 4) is 11.5 Å². The molecule has 0 aromatic heterocycles. The fraction of sp³-hybridized carbons (Fsp3) is 0.739. The van der Waals surface area contributed by atoms with Gasteiger partial charge in [-0.25, -0.2) is 0 Å². The Morgan fingerprint density at radius 2 is 1.31 bits per heavy atom. The molecule has 1 aromatic rings. The standard InChI is InChI=1S/C23H42N2O4/c1-8-9-17-10-11-20(28-15-18(26)13-24-22(2,3)4)21(12-17)29-16-19(27)14-25-23(5,6)7/h10-12,18-19,24-27H,8-9,13-16H2,1-7H3. The highest BCUT2D eigenvalue weighted by atomic mass is 16.5.